The molecule has 3 atom stereocenters. The molecule has 1 saturated carbocycles. The Hall–Kier alpha value is -1.83. The van der Waals surface area contributed by atoms with E-state index in [0.29, 0.717) is 10.0 Å². The third-order valence-electron chi connectivity index (χ3n) is 7.60. The van der Waals surface area contributed by atoms with Crippen LogP contribution in [0.5, 0.6) is 0 Å². The Balaban J connectivity index is 1.33. The number of hydrogen-bond acceptors (Lipinski definition) is 5. The van der Waals surface area contributed by atoms with Gasteiger partial charge in [0, 0.05) is 23.0 Å². The maximum Gasteiger partial charge on any atom is 0.257 e. The highest BCUT2D eigenvalue weighted by Gasteiger charge is 2.42. The number of nitrogens with zero attached hydrogens (tertiary/aromatic N) is 2. The number of amides is 1. The van der Waals surface area contributed by atoms with Gasteiger partial charge in [-0.05, 0) is 90.8 Å². The molecule has 0 spiro atoms. The fourth-order valence-corrected chi connectivity index (χ4v) is 7.23. The molecule has 1 saturated heterocycles. The smallest absolute Gasteiger partial charge is 0.257 e. The predicted octanol–water partition coefficient (Wildman–Crippen LogP) is 6.03. The molecule has 8 heteroatoms. The first-order valence-corrected chi connectivity index (χ1v) is 13.7. The molecule has 3 unspecified atom stereocenters. The summed E-state index contributed by atoms with van der Waals surface area (Å²) in [6.07, 6.45) is 9.02. The van der Waals surface area contributed by atoms with E-state index < -0.39 is 6.04 Å². The molecule has 5 nitrogen and oxygen atoms in total. The number of anilines is 1. The summed E-state index contributed by atoms with van der Waals surface area (Å²) in [5.41, 5.74) is 11.0. The number of carbonyl (C=O) groups excluding carboxylic acids is 1. The zero-order valence-corrected chi connectivity index (χ0v) is 21.2. The number of benzene rings is 1. The number of allylic oxidation sites excluding steroid dienone is 1. The van der Waals surface area contributed by atoms with Crippen LogP contribution in [0, 0.1) is 11.8 Å². The summed E-state index contributed by atoms with van der Waals surface area (Å²) in [5, 5.41) is 7.39. The molecule has 0 radical (unpaired) electrons. The van der Waals surface area contributed by atoms with Crippen molar-refractivity contribution in [2.24, 2.45) is 11.8 Å². The fraction of sp³-hybridized carbons (Fsp3) is 0.423. The molecular weight excluding hydrogens is 487 g/mol. The monoisotopic (exact) mass is 514 g/mol. The number of carbonyl (C=O) groups is 1. The molecule has 178 valence electrons. The van der Waals surface area contributed by atoms with E-state index in [1.54, 1.807) is 17.4 Å². The van der Waals surface area contributed by atoms with Gasteiger partial charge in [0.15, 0.2) is 0 Å². The molecule has 2 aliphatic heterocycles. The van der Waals surface area contributed by atoms with E-state index in [0.717, 1.165) is 61.1 Å². The second-order valence-corrected chi connectivity index (χ2v) is 11.6. The number of thiophene rings is 1. The van der Waals surface area contributed by atoms with Crippen LogP contribution in [-0.2, 0) is 4.79 Å². The predicted molar refractivity (Wildman–Crippen MR) is 140 cm³/mol. The van der Waals surface area contributed by atoms with Crippen molar-refractivity contribution in [3.8, 4) is 0 Å². The third kappa shape index (κ3) is 4.20. The first-order valence-electron chi connectivity index (χ1n) is 12.1. The van der Waals surface area contributed by atoms with E-state index in [-0.39, 0.29) is 5.91 Å². The Bertz CT molecular complexity index is 1150. The Labute approximate surface area is 214 Å². The largest absolute Gasteiger partial charge is 0.287 e. The molecule has 2 fully saturated rings. The highest BCUT2D eigenvalue weighted by molar-refractivity contribution is 7.10. The van der Waals surface area contributed by atoms with Crippen LogP contribution < -0.4 is 15.9 Å². The molecule has 4 aliphatic rings. The van der Waals surface area contributed by atoms with Crippen molar-refractivity contribution in [2.75, 3.05) is 18.1 Å². The van der Waals surface area contributed by atoms with Gasteiger partial charge in [-0.25, -0.2) is 10.4 Å². The zero-order chi connectivity index (χ0) is 23.2. The van der Waals surface area contributed by atoms with Gasteiger partial charge in [0.2, 0.25) is 0 Å². The van der Waals surface area contributed by atoms with Crippen molar-refractivity contribution >= 4 is 52.2 Å². The summed E-state index contributed by atoms with van der Waals surface area (Å²) in [4.78, 5) is 14.8. The number of nitrogens with one attached hydrogen (secondary N) is 2. The summed E-state index contributed by atoms with van der Waals surface area (Å²) in [6.45, 7) is 1.93. The van der Waals surface area contributed by atoms with Gasteiger partial charge in [0.1, 0.15) is 6.04 Å². The van der Waals surface area contributed by atoms with E-state index in [2.05, 4.69) is 39.4 Å². The van der Waals surface area contributed by atoms with Gasteiger partial charge < -0.3 is 0 Å². The lowest BCUT2D eigenvalue weighted by molar-refractivity contribution is -0.126. The molecular formula is C26H28Cl2N4OS. The lowest BCUT2D eigenvalue weighted by Crippen LogP contribution is -2.52. The molecule has 1 aromatic carbocycles. The minimum absolute atomic E-state index is 0.0115. The Kier molecular flexibility index (Phi) is 6.20. The summed E-state index contributed by atoms with van der Waals surface area (Å²) in [6, 6.07) is 9.28. The van der Waals surface area contributed by atoms with Crippen molar-refractivity contribution in [3.05, 3.63) is 67.5 Å². The normalized spacial score (nSPS) is 28.0. The quantitative estimate of drug-likeness (QED) is 0.522. The van der Waals surface area contributed by atoms with E-state index >= 15 is 0 Å². The molecule has 2 aliphatic carbocycles. The lowest BCUT2D eigenvalue weighted by Gasteiger charge is -2.27. The van der Waals surface area contributed by atoms with Crippen LogP contribution in [0.15, 0.2) is 52.6 Å². The van der Waals surface area contributed by atoms with E-state index in [9.17, 15) is 4.79 Å². The molecule has 0 bridgehead atoms. The standard InChI is InChI=1S/C26H28Cl2N4OS/c27-19-9-10-23(22(28)13-19)32-25-16(12-20-7-3-11-34-20)4-2-8-21(25)24(29-32)26(33)30-31-14-17-5-1-6-18(17)15-31/h3,7,9-13,17-18,24,29H,1-2,4-6,8,14-15H2,(H,30,33)/b16-12+. The van der Waals surface area contributed by atoms with Gasteiger partial charge >= 0.3 is 0 Å². The van der Waals surface area contributed by atoms with Gasteiger partial charge in [-0.2, -0.15) is 0 Å². The van der Waals surface area contributed by atoms with Crippen molar-refractivity contribution in [2.45, 2.75) is 44.6 Å². The van der Waals surface area contributed by atoms with E-state index in [1.165, 1.54) is 29.7 Å². The summed E-state index contributed by atoms with van der Waals surface area (Å²) < 4.78 is 0. The summed E-state index contributed by atoms with van der Waals surface area (Å²) >= 11 is 14.5. The number of fused-ring (bicyclic) bond motifs is 1. The van der Waals surface area contributed by atoms with Crippen LogP contribution in [0.1, 0.15) is 43.4 Å². The second kappa shape index (κ2) is 9.32. The SMILES string of the molecule is O=C(NN1CC2CCCC2C1)C1NN(c2ccc(Cl)cc2Cl)C2=C1CCC/C2=C\c1cccs1. The van der Waals surface area contributed by atoms with Gasteiger partial charge in [0.25, 0.3) is 5.91 Å². The van der Waals surface area contributed by atoms with Crippen LogP contribution in [0.2, 0.25) is 10.0 Å². The maximum absolute atomic E-state index is 13.6. The summed E-state index contributed by atoms with van der Waals surface area (Å²) in [5.74, 6) is 1.47. The van der Waals surface area contributed by atoms with Crippen molar-refractivity contribution in [3.63, 3.8) is 0 Å². The van der Waals surface area contributed by atoms with Crippen LogP contribution in [0.4, 0.5) is 5.69 Å². The maximum atomic E-state index is 13.6. The summed E-state index contributed by atoms with van der Waals surface area (Å²) in [7, 11) is 0. The highest BCUT2D eigenvalue weighted by Crippen LogP contribution is 2.43. The molecule has 34 heavy (non-hydrogen) atoms. The van der Waals surface area contributed by atoms with Gasteiger partial charge in [-0.15, -0.1) is 11.3 Å². The second-order valence-electron chi connectivity index (χ2n) is 9.74. The van der Waals surface area contributed by atoms with E-state index in [4.69, 9.17) is 23.2 Å². The van der Waals surface area contributed by atoms with Gasteiger partial charge in [0.05, 0.1) is 16.4 Å². The average molecular weight is 516 g/mol. The topological polar surface area (TPSA) is 47.6 Å². The number of rotatable bonds is 4. The van der Waals surface area contributed by atoms with Crippen LogP contribution in [-0.4, -0.2) is 30.0 Å². The number of halogens is 2. The zero-order valence-electron chi connectivity index (χ0n) is 18.9. The Morgan fingerprint density at radius 2 is 1.94 bits per heavy atom. The molecule has 3 heterocycles. The first-order chi connectivity index (χ1) is 16.6. The van der Waals surface area contributed by atoms with Gasteiger partial charge in [-0.1, -0.05) is 35.7 Å². The Morgan fingerprint density at radius 3 is 2.68 bits per heavy atom. The fourth-order valence-electron chi connectivity index (χ4n) is 6.05. The van der Waals surface area contributed by atoms with Crippen molar-refractivity contribution in [1.82, 2.24) is 15.9 Å². The lowest BCUT2D eigenvalue weighted by atomic mass is 9.88. The van der Waals surface area contributed by atoms with Crippen LogP contribution in [0.3, 0.4) is 0 Å². The first kappa shape index (κ1) is 22.6. The van der Waals surface area contributed by atoms with Crippen LogP contribution in [0.25, 0.3) is 6.08 Å². The molecule has 1 aromatic heterocycles. The van der Waals surface area contributed by atoms with E-state index in [1.807, 2.05) is 17.1 Å². The minimum Gasteiger partial charge on any atom is -0.287 e. The molecule has 6 rings (SSSR count). The average Bonchev–Trinajstić information content (AvgIpc) is 3.58. The van der Waals surface area contributed by atoms with Crippen molar-refractivity contribution in [1.29, 1.82) is 0 Å². The van der Waals surface area contributed by atoms with Crippen LogP contribution >= 0.6 is 34.5 Å². The molecule has 2 aromatic rings. The van der Waals surface area contributed by atoms with Crippen molar-refractivity contribution < 1.29 is 4.79 Å². The Morgan fingerprint density at radius 1 is 1.12 bits per heavy atom. The third-order valence-corrected chi connectivity index (χ3v) is 8.96. The minimum atomic E-state index is -0.422. The molecule has 2 N–H and O–H groups in total. The molecule has 1 amide bonds. The number of hydrazine groups is 2. The number of hydrogen-bond donors (Lipinski definition) is 2. The van der Waals surface area contributed by atoms with Gasteiger partial charge in [-0.3, -0.25) is 15.2 Å². The highest BCUT2D eigenvalue weighted by atomic mass is 35.5.